The molecule has 0 amide bonds. The van der Waals surface area contributed by atoms with E-state index in [0.717, 1.165) is 132 Å². The summed E-state index contributed by atoms with van der Waals surface area (Å²) in [6.07, 6.45) is 7.53. The zero-order chi connectivity index (χ0) is 42.7. The summed E-state index contributed by atoms with van der Waals surface area (Å²) in [4.78, 5) is 18.9. The first-order valence-corrected chi connectivity index (χ1v) is 21.3. The number of ether oxygens (including phenoxy) is 2. The Morgan fingerprint density at radius 2 is 0.641 bits per heavy atom. The van der Waals surface area contributed by atoms with Crippen LogP contribution in [0.2, 0.25) is 0 Å². The smallest absolute Gasteiger partial charge is 0.127 e. The highest BCUT2D eigenvalue weighted by Crippen LogP contribution is 2.47. The second-order valence-electron chi connectivity index (χ2n) is 16.2. The van der Waals surface area contributed by atoms with Gasteiger partial charge < -0.3 is 9.47 Å². The lowest BCUT2D eigenvalue weighted by molar-refractivity contribution is 0.411. The van der Waals surface area contributed by atoms with Crippen molar-refractivity contribution in [2.24, 2.45) is 0 Å². The summed E-state index contributed by atoms with van der Waals surface area (Å²) in [6.45, 7) is 0. The fourth-order valence-corrected chi connectivity index (χ4v) is 9.33. The summed E-state index contributed by atoms with van der Waals surface area (Å²) in [5.74, 6) is 1.57. The Labute approximate surface area is 369 Å². The molecule has 0 aliphatic heterocycles. The Morgan fingerprint density at radius 1 is 0.297 bits per heavy atom. The van der Waals surface area contributed by atoms with Gasteiger partial charge in [-0.1, -0.05) is 121 Å². The van der Waals surface area contributed by atoms with E-state index >= 15 is 0 Å². The molecular weight excluding hydrogens is 785 g/mol. The first kappa shape index (κ1) is 37.3. The molecule has 302 valence electrons. The first-order valence-electron chi connectivity index (χ1n) is 21.3. The molecule has 0 aliphatic carbocycles. The highest BCUT2D eigenvalue weighted by atomic mass is 16.5. The lowest BCUT2D eigenvalue weighted by atomic mass is 9.89. The third-order valence-corrected chi connectivity index (χ3v) is 12.6. The Balaban J connectivity index is 0.865. The van der Waals surface area contributed by atoms with Crippen LogP contribution in [0.15, 0.2) is 195 Å². The van der Waals surface area contributed by atoms with E-state index in [0.29, 0.717) is 0 Å². The highest BCUT2D eigenvalue weighted by molar-refractivity contribution is 6.11. The largest absolute Gasteiger partial charge is 0.496 e. The van der Waals surface area contributed by atoms with E-state index in [9.17, 15) is 0 Å². The van der Waals surface area contributed by atoms with Gasteiger partial charge >= 0.3 is 0 Å². The van der Waals surface area contributed by atoms with Crippen molar-refractivity contribution < 1.29 is 9.47 Å². The third kappa shape index (κ3) is 6.26. The lowest BCUT2D eigenvalue weighted by Crippen LogP contribution is -1.95. The molecule has 12 rings (SSSR count). The average molecular weight is 823 g/mol. The zero-order valence-corrected chi connectivity index (χ0v) is 35.1. The number of pyridine rings is 4. The van der Waals surface area contributed by atoms with Crippen LogP contribution in [-0.2, 0) is 0 Å². The van der Waals surface area contributed by atoms with Crippen molar-refractivity contribution in [3.63, 3.8) is 0 Å². The maximum atomic E-state index is 6.09. The molecule has 0 unspecified atom stereocenters. The van der Waals surface area contributed by atoms with Gasteiger partial charge in [-0.25, -0.2) is 0 Å². The van der Waals surface area contributed by atoms with E-state index in [-0.39, 0.29) is 0 Å². The Bertz CT molecular complexity index is 3560. The molecule has 0 fully saturated rings. The minimum atomic E-state index is 0.787. The number of benzene rings is 8. The lowest BCUT2D eigenvalue weighted by Gasteiger charge is -2.18. The van der Waals surface area contributed by atoms with E-state index in [1.807, 2.05) is 36.9 Å². The van der Waals surface area contributed by atoms with Crippen LogP contribution in [0.4, 0.5) is 0 Å². The fraction of sp³-hybridized carbons (Fsp3) is 0.0345. The highest BCUT2D eigenvalue weighted by Gasteiger charge is 2.20. The molecule has 12 aromatic rings. The Hall–Kier alpha value is -8.48. The molecular formula is C58H38N4O2. The number of methoxy groups -OCH3 is 2. The predicted molar refractivity (Wildman–Crippen MR) is 263 cm³/mol. The second-order valence-corrected chi connectivity index (χ2v) is 16.2. The molecule has 0 saturated carbocycles. The third-order valence-electron chi connectivity index (χ3n) is 12.6. The van der Waals surface area contributed by atoms with Crippen molar-refractivity contribution in [1.29, 1.82) is 0 Å². The number of nitrogens with zero attached hydrogens (tertiary/aromatic N) is 4. The quantitative estimate of drug-likeness (QED) is 0.149. The van der Waals surface area contributed by atoms with Crippen molar-refractivity contribution in [2.45, 2.75) is 0 Å². The molecule has 4 heterocycles. The molecule has 0 bridgehead atoms. The SMILES string of the molecule is COc1ccc2cc(-c3ccc(-c4cnc5c(ccc6cccnc65)c4)cc3)ccc2c1-c1c(OC)ccc2cc(-c3ccc(-c4cnc5c(ccc6cccnc65)c4)cc3)ccc12. The molecule has 4 aromatic heterocycles. The topological polar surface area (TPSA) is 70.0 Å². The van der Waals surface area contributed by atoms with Gasteiger partial charge in [0.15, 0.2) is 0 Å². The maximum Gasteiger partial charge on any atom is 0.127 e. The maximum absolute atomic E-state index is 6.09. The molecule has 0 atom stereocenters. The van der Waals surface area contributed by atoms with Crippen LogP contribution < -0.4 is 9.47 Å². The van der Waals surface area contributed by atoms with E-state index in [2.05, 4.69) is 168 Å². The Kier molecular flexibility index (Phi) is 8.83. The number of fused-ring (bicyclic) bond motifs is 8. The van der Waals surface area contributed by atoms with Crippen LogP contribution >= 0.6 is 0 Å². The zero-order valence-electron chi connectivity index (χ0n) is 35.1. The number of hydrogen-bond acceptors (Lipinski definition) is 6. The molecule has 0 N–H and O–H groups in total. The van der Waals surface area contributed by atoms with Gasteiger partial charge in [0.2, 0.25) is 0 Å². The predicted octanol–water partition coefficient (Wildman–Crippen LogP) is 14.5. The summed E-state index contributed by atoms with van der Waals surface area (Å²) in [5.41, 5.74) is 14.6. The molecule has 6 nitrogen and oxygen atoms in total. The minimum Gasteiger partial charge on any atom is -0.496 e. The van der Waals surface area contributed by atoms with Crippen LogP contribution in [0.1, 0.15) is 0 Å². The number of rotatable bonds is 7. The van der Waals surface area contributed by atoms with Gasteiger partial charge in [0.25, 0.3) is 0 Å². The molecule has 8 aromatic carbocycles. The van der Waals surface area contributed by atoms with Crippen LogP contribution in [0.25, 0.3) is 121 Å². The average Bonchev–Trinajstić information content (AvgIpc) is 3.37. The van der Waals surface area contributed by atoms with Crippen LogP contribution in [-0.4, -0.2) is 34.2 Å². The Morgan fingerprint density at radius 3 is 1.06 bits per heavy atom. The van der Waals surface area contributed by atoms with E-state index in [1.165, 1.54) is 0 Å². The van der Waals surface area contributed by atoms with E-state index in [1.54, 1.807) is 14.2 Å². The second kappa shape index (κ2) is 15.2. The van der Waals surface area contributed by atoms with Gasteiger partial charge in [-0.15, -0.1) is 0 Å². The number of aromatic nitrogens is 4. The summed E-state index contributed by atoms with van der Waals surface area (Å²) < 4.78 is 12.2. The van der Waals surface area contributed by atoms with Gasteiger partial charge in [0, 0.05) is 68.6 Å². The van der Waals surface area contributed by atoms with Crippen molar-refractivity contribution >= 4 is 65.2 Å². The van der Waals surface area contributed by atoms with Crippen molar-refractivity contribution in [3.05, 3.63) is 195 Å². The van der Waals surface area contributed by atoms with Crippen LogP contribution in [0, 0.1) is 0 Å². The molecule has 0 saturated heterocycles. The van der Waals surface area contributed by atoms with Crippen LogP contribution in [0.3, 0.4) is 0 Å². The van der Waals surface area contributed by atoms with Gasteiger partial charge in [0.1, 0.15) is 11.5 Å². The molecule has 6 heteroatoms. The van der Waals surface area contributed by atoms with Crippen molar-refractivity contribution in [3.8, 4) is 67.1 Å². The van der Waals surface area contributed by atoms with Gasteiger partial charge in [-0.2, -0.15) is 0 Å². The monoisotopic (exact) mass is 822 g/mol. The molecule has 0 spiro atoms. The standard InChI is InChI=1S/C58H38N4O2/c1-63-51-25-21-43-29-41(35-7-11-37(12-8-35)47-31-45-17-15-39-5-3-27-59-55(39)57(45)61-33-47)19-23-49(43)53(51)54-50-24-20-42(30-44(50)22-26-52(54)64-2)36-9-13-38(14-10-36)48-32-46-18-16-40-6-4-28-60-56(40)58(46)62-34-48/h3-34H,1-2H3. The van der Waals surface area contributed by atoms with Crippen molar-refractivity contribution in [2.75, 3.05) is 14.2 Å². The van der Waals surface area contributed by atoms with Gasteiger partial charge in [-0.05, 0) is 103 Å². The van der Waals surface area contributed by atoms with Gasteiger partial charge in [-0.3, -0.25) is 19.9 Å². The summed E-state index contributed by atoms with van der Waals surface area (Å²) >= 11 is 0. The normalized spacial score (nSPS) is 11.6. The summed E-state index contributed by atoms with van der Waals surface area (Å²) in [7, 11) is 3.47. The summed E-state index contributed by atoms with van der Waals surface area (Å²) in [6, 6.07) is 60.1. The molecule has 64 heavy (non-hydrogen) atoms. The fourth-order valence-electron chi connectivity index (χ4n) is 9.33. The van der Waals surface area contributed by atoms with Crippen LogP contribution in [0.5, 0.6) is 11.5 Å². The molecule has 0 radical (unpaired) electrons. The van der Waals surface area contributed by atoms with E-state index in [4.69, 9.17) is 19.4 Å². The van der Waals surface area contributed by atoms with E-state index < -0.39 is 0 Å². The first-order chi connectivity index (χ1) is 31.6. The summed E-state index contributed by atoms with van der Waals surface area (Å²) in [5, 5.41) is 8.72. The van der Waals surface area contributed by atoms with Gasteiger partial charge in [0.05, 0.1) is 36.3 Å². The molecule has 0 aliphatic rings. The number of hydrogen-bond donors (Lipinski definition) is 0. The minimum absolute atomic E-state index is 0.787. The van der Waals surface area contributed by atoms with Crippen molar-refractivity contribution in [1.82, 2.24) is 19.9 Å².